The van der Waals surface area contributed by atoms with Crippen LogP contribution in [0.3, 0.4) is 0 Å². The minimum absolute atomic E-state index is 0.360. The van der Waals surface area contributed by atoms with Crippen LogP contribution in [0.15, 0.2) is 81.0 Å². The average molecular weight is 1000 g/mol. The van der Waals surface area contributed by atoms with E-state index in [1.807, 2.05) is 6.92 Å². The molecule has 0 aliphatic rings. The Hall–Kier alpha value is -1.82. The molecule has 0 spiro atoms. The lowest BCUT2D eigenvalue weighted by Gasteiger charge is -2.21. The minimum Gasteiger partial charge on any atom is -0.0911 e. The van der Waals surface area contributed by atoms with Crippen molar-refractivity contribution in [3.63, 3.8) is 0 Å². The van der Waals surface area contributed by atoms with E-state index in [1.165, 1.54) is 70.3 Å². The lowest BCUT2D eigenvalue weighted by Crippen LogP contribution is -2.07. The van der Waals surface area contributed by atoms with Crippen LogP contribution >= 0.6 is 0 Å². The van der Waals surface area contributed by atoms with Crippen molar-refractivity contribution < 1.29 is 0 Å². The van der Waals surface area contributed by atoms with Gasteiger partial charge in [-0.15, -0.1) is 0 Å². The van der Waals surface area contributed by atoms with Crippen LogP contribution < -0.4 is 0 Å². The van der Waals surface area contributed by atoms with Crippen molar-refractivity contribution >= 4 is 0 Å². The first-order valence-corrected chi connectivity index (χ1v) is 28.3. The molecule has 0 nitrogen and oxygen atoms in total. The fourth-order valence-corrected chi connectivity index (χ4v) is 5.60. The van der Waals surface area contributed by atoms with E-state index in [9.17, 15) is 0 Å². The zero-order chi connectivity index (χ0) is 60.2. The molecule has 0 aromatic heterocycles. The Morgan fingerprint density at radius 3 is 0.577 bits per heavy atom. The van der Waals surface area contributed by atoms with Crippen molar-refractivity contribution in [2.24, 2.45) is 48.7 Å². The van der Waals surface area contributed by atoms with Gasteiger partial charge >= 0.3 is 0 Å². The van der Waals surface area contributed by atoms with Crippen LogP contribution in [0.5, 0.6) is 0 Å². The van der Waals surface area contributed by atoms with Crippen LogP contribution in [0.25, 0.3) is 0 Å². The highest BCUT2D eigenvalue weighted by molar-refractivity contribution is 5.14. The van der Waals surface area contributed by atoms with E-state index in [1.54, 1.807) is 0 Å². The molecule has 0 fully saturated rings. The summed E-state index contributed by atoms with van der Waals surface area (Å²) in [5.41, 5.74) is 15.3. The zero-order valence-electron chi connectivity index (χ0n) is 58.8. The van der Waals surface area contributed by atoms with Crippen LogP contribution in [0, 0.1) is 48.7 Å². The summed E-state index contributed by atoms with van der Waals surface area (Å²) in [6.07, 6.45) is 18.4. The number of allylic oxidation sites excluding steroid dienone is 14. The molecule has 0 amide bonds. The van der Waals surface area contributed by atoms with E-state index in [0.29, 0.717) is 48.7 Å². The van der Waals surface area contributed by atoms with Crippen LogP contribution in [-0.2, 0) is 0 Å². The number of hydrogen-bond acceptors (Lipinski definition) is 0. The molecule has 0 atom stereocenters. The minimum atomic E-state index is 0.360. The molecule has 71 heavy (non-hydrogen) atoms. The summed E-state index contributed by atoms with van der Waals surface area (Å²) in [6, 6.07) is 0. The first kappa shape index (κ1) is 88.8. The topological polar surface area (TPSA) is 0 Å². The third-order valence-electron chi connectivity index (χ3n) is 12.0. The standard InChI is InChI=1S/2C9H18.4C8H16.C7H16.C7H14.C7H16/c2*1-7(2)8(3)9(4,5)6;2*1-7(2)6-8(3,4)5;2*1-6-7(2)8(3,4)5;2*1-5-6-7(2,3)4;1-5-7(3,4)6-2/h2*1-6H3;4*6H,1-5H3;5-6H2,1-4H3;5-6H,1-4H3;5-6H2,1-4H3/b;;;;2*7-6-;;6-5-;. The van der Waals surface area contributed by atoms with Crippen LogP contribution in [0.2, 0.25) is 0 Å². The second-order valence-electron chi connectivity index (χ2n) is 30.4. The summed E-state index contributed by atoms with van der Waals surface area (Å²) in [6.45, 7) is 96.9. The van der Waals surface area contributed by atoms with Gasteiger partial charge in [-0.3, -0.25) is 0 Å². The maximum atomic E-state index is 2.30. The Morgan fingerprint density at radius 2 is 0.577 bits per heavy atom. The molecule has 0 aromatic rings. The van der Waals surface area contributed by atoms with E-state index in [4.69, 9.17) is 0 Å². The summed E-state index contributed by atoms with van der Waals surface area (Å²) >= 11 is 0. The molecule has 0 heteroatoms. The molecule has 0 bridgehead atoms. The summed E-state index contributed by atoms with van der Waals surface area (Å²) in [7, 11) is 0. The van der Waals surface area contributed by atoms with Crippen LogP contribution in [0.1, 0.15) is 330 Å². The van der Waals surface area contributed by atoms with Crippen molar-refractivity contribution in [1.29, 1.82) is 0 Å². The van der Waals surface area contributed by atoms with Gasteiger partial charge in [-0.1, -0.05) is 301 Å². The smallest absolute Gasteiger partial charge is 0.0173 e. The second-order valence-corrected chi connectivity index (χ2v) is 30.4. The quantitative estimate of drug-likeness (QED) is 0.247. The molecule has 0 N–H and O–H groups in total. The highest BCUT2D eigenvalue weighted by Gasteiger charge is 2.14. The van der Waals surface area contributed by atoms with Crippen molar-refractivity contribution in [2.45, 2.75) is 330 Å². The van der Waals surface area contributed by atoms with Gasteiger partial charge in [0.25, 0.3) is 0 Å². The molecule has 0 aromatic carbocycles. The van der Waals surface area contributed by atoms with Gasteiger partial charge < -0.3 is 0 Å². The Bertz CT molecular complexity index is 1370. The van der Waals surface area contributed by atoms with Gasteiger partial charge in [-0.25, -0.2) is 0 Å². The molecule has 0 saturated carbocycles. The van der Waals surface area contributed by atoms with Crippen LogP contribution in [-0.4, -0.2) is 0 Å². The molecular formula is C71H146. The third-order valence-corrected chi connectivity index (χ3v) is 12.0. The van der Waals surface area contributed by atoms with Gasteiger partial charge in [0.2, 0.25) is 0 Å². The molecular weight excluding hydrogens is 853 g/mol. The van der Waals surface area contributed by atoms with Crippen molar-refractivity contribution in [3.8, 4) is 0 Å². The van der Waals surface area contributed by atoms with E-state index < -0.39 is 0 Å². The van der Waals surface area contributed by atoms with Gasteiger partial charge in [0, 0.05) is 0 Å². The van der Waals surface area contributed by atoms with E-state index in [2.05, 4.69) is 334 Å². The van der Waals surface area contributed by atoms with Gasteiger partial charge in [-0.2, -0.15) is 0 Å². The van der Waals surface area contributed by atoms with Crippen molar-refractivity contribution in [3.05, 3.63) is 81.0 Å². The Kier molecular flexibility index (Phi) is 51.8. The van der Waals surface area contributed by atoms with Gasteiger partial charge in [0.05, 0.1) is 0 Å². The monoisotopic (exact) mass is 999 g/mol. The van der Waals surface area contributed by atoms with Crippen molar-refractivity contribution in [2.75, 3.05) is 0 Å². The summed E-state index contributed by atoms with van der Waals surface area (Å²) in [5.74, 6) is 0. The molecule has 0 heterocycles. The summed E-state index contributed by atoms with van der Waals surface area (Å²) in [5, 5.41) is 0. The lowest BCUT2D eigenvalue weighted by atomic mass is 9.85. The van der Waals surface area contributed by atoms with Gasteiger partial charge in [-0.05, 0) is 159 Å². The summed E-state index contributed by atoms with van der Waals surface area (Å²) < 4.78 is 0. The number of hydrogen-bond donors (Lipinski definition) is 0. The average Bonchev–Trinajstić information content (AvgIpc) is 3.11. The van der Waals surface area contributed by atoms with E-state index in [0.717, 1.165) is 0 Å². The SMILES string of the molecule is C/C=C(/C)C(C)(C)C.C/C=C(/C)C(C)(C)C.C/C=C\C(C)(C)C.CC(C)=C(C)C(C)(C)C.CC(C)=C(C)C(C)(C)C.CC(C)=CC(C)(C)C.CC(C)=CC(C)(C)C.CCC(C)(C)CC.CCCC(C)(C)C. The lowest BCUT2D eigenvalue weighted by molar-refractivity contribution is 0.338. The molecule has 0 rings (SSSR count). The molecule has 0 saturated heterocycles. The second kappa shape index (κ2) is 41.4. The van der Waals surface area contributed by atoms with Gasteiger partial charge in [0.15, 0.2) is 0 Å². The highest BCUT2D eigenvalue weighted by atomic mass is 14.2. The predicted molar refractivity (Wildman–Crippen MR) is 346 cm³/mol. The molecule has 0 aliphatic carbocycles. The maximum Gasteiger partial charge on any atom is -0.0173 e. The normalized spacial score (nSPS) is 12.3. The highest BCUT2D eigenvalue weighted by Crippen LogP contribution is 2.28. The summed E-state index contributed by atoms with van der Waals surface area (Å²) in [4.78, 5) is 0. The Labute approximate surface area is 458 Å². The fourth-order valence-electron chi connectivity index (χ4n) is 5.60. The first-order chi connectivity index (χ1) is 30.7. The first-order valence-electron chi connectivity index (χ1n) is 28.3. The zero-order valence-corrected chi connectivity index (χ0v) is 58.8. The maximum absolute atomic E-state index is 2.30. The number of rotatable bonds is 3. The van der Waals surface area contributed by atoms with Crippen molar-refractivity contribution in [1.82, 2.24) is 0 Å². The van der Waals surface area contributed by atoms with Crippen LogP contribution in [0.4, 0.5) is 0 Å². The fraction of sp³-hybridized carbons (Fsp3) is 0.803. The molecule has 0 aliphatic heterocycles. The molecule has 0 unspecified atom stereocenters. The van der Waals surface area contributed by atoms with E-state index >= 15 is 0 Å². The molecule has 430 valence electrons. The largest absolute Gasteiger partial charge is 0.0911 e. The predicted octanol–water partition coefficient (Wildman–Crippen LogP) is 27.0. The Morgan fingerprint density at radius 1 is 0.338 bits per heavy atom. The Balaban J connectivity index is -0.0000000871. The van der Waals surface area contributed by atoms with Gasteiger partial charge in [0.1, 0.15) is 0 Å². The third kappa shape index (κ3) is 88.2. The van der Waals surface area contributed by atoms with E-state index in [-0.39, 0.29) is 0 Å². The molecule has 0 radical (unpaired) electrons.